The van der Waals surface area contributed by atoms with Gasteiger partial charge in [-0.3, -0.25) is 9.36 Å². The molecule has 0 saturated heterocycles. The van der Waals surface area contributed by atoms with E-state index in [-0.39, 0.29) is 5.82 Å². The average Bonchev–Trinajstić information content (AvgIpc) is 3.34. The van der Waals surface area contributed by atoms with Gasteiger partial charge >= 0.3 is 6.18 Å². The fourth-order valence-corrected chi connectivity index (χ4v) is 4.72. The fourth-order valence-electron chi connectivity index (χ4n) is 4.51. The van der Waals surface area contributed by atoms with E-state index in [1.54, 1.807) is 30.1 Å². The molecule has 0 aliphatic heterocycles. The van der Waals surface area contributed by atoms with Gasteiger partial charge in [-0.05, 0) is 18.4 Å². The molecule has 1 fully saturated rings. The van der Waals surface area contributed by atoms with Crippen LogP contribution in [-0.2, 0) is 26.8 Å². The molecule has 0 N–H and O–H groups in total. The second kappa shape index (κ2) is 8.83. The predicted octanol–water partition coefficient (Wildman–Crippen LogP) is 5.27. The van der Waals surface area contributed by atoms with Gasteiger partial charge in [-0.15, -0.1) is 0 Å². The highest BCUT2D eigenvalue weighted by Gasteiger charge is 2.34. The van der Waals surface area contributed by atoms with Crippen LogP contribution < -0.4 is 4.90 Å². The smallest absolute Gasteiger partial charge is 0.353 e. The maximum Gasteiger partial charge on any atom is 0.434 e. The highest BCUT2D eigenvalue weighted by molar-refractivity contribution is 6.32. The molecule has 6 rings (SSSR count). The number of rotatable bonds is 6. The summed E-state index contributed by atoms with van der Waals surface area (Å²) < 4.78 is 44.2. The minimum atomic E-state index is -4.49. The lowest BCUT2D eigenvalue weighted by Gasteiger charge is -2.19. The Labute approximate surface area is 220 Å². The standard InChI is InChI=1S/C25H23ClF3N9/c1-35(11-14-4-6-15(7-5-14)23-32-19(13-36(23)2)25(27,28)29)24-20-18(12-37(3)34-20)31-22(33-24)21-17(26)10-30-38(21)16-8-9-16/h4-7,10,12-13,16H,8-9,11H2,1-3H3. The van der Waals surface area contributed by atoms with Crippen LogP contribution >= 0.6 is 11.6 Å². The number of nitrogens with zero attached hydrogens (tertiary/aromatic N) is 9. The van der Waals surface area contributed by atoms with Gasteiger partial charge in [0.2, 0.25) is 0 Å². The van der Waals surface area contributed by atoms with Gasteiger partial charge in [0.1, 0.15) is 17.0 Å². The van der Waals surface area contributed by atoms with E-state index in [1.165, 1.54) is 4.57 Å². The van der Waals surface area contributed by atoms with Crippen molar-refractivity contribution in [2.45, 2.75) is 31.6 Å². The van der Waals surface area contributed by atoms with E-state index in [0.29, 0.717) is 51.5 Å². The molecule has 1 aliphatic rings. The van der Waals surface area contributed by atoms with Crippen molar-refractivity contribution < 1.29 is 13.2 Å². The minimum absolute atomic E-state index is 0.247. The Hall–Kier alpha value is -3.93. The molecule has 13 heteroatoms. The minimum Gasteiger partial charge on any atom is -0.353 e. The molecular formula is C25H23ClF3N9. The van der Waals surface area contributed by atoms with Gasteiger partial charge in [-0.1, -0.05) is 35.9 Å². The van der Waals surface area contributed by atoms with Crippen molar-refractivity contribution in [1.82, 2.24) is 39.1 Å². The topological polar surface area (TPSA) is 82.5 Å². The average molecular weight is 542 g/mol. The molecule has 1 aromatic carbocycles. The lowest BCUT2D eigenvalue weighted by Crippen LogP contribution is -2.19. The summed E-state index contributed by atoms with van der Waals surface area (Å²) in [6.45, 7) is 0.479. The van der Waals surface area contributed by atoms with E-state index in [4.69, 9.17) is 21.6 Å². The van der Waals surface area contributed by atoms with Crippen LogP contribution in [-0.4, -0.2) is 46.1 Å². The first-order chi connectivity index (χ1) is 18.1. The second-order valence-electron chi connectivity index (χ2n) is 9.54. The number of aromatic nitrogens is 8. The Morgan fingerprint density at radius 2 is 1.79 bits per heavy atom. The molecule has 1 saturated carbocycles. The SMILES string of the molecule is CN(Cc1ccc(-c2nc(C(F)(F)F)cn2C)cc1)c1nc(-c2c(Cl)cnn2C2CC2)nc2cn(C)nc12. The van der Waals surface area contributed by atoms with Gasteiger partial charge in [0.15, 0.2) is 22.9 Å². The first kappa shape index (κ1) is 24.4. The normalized spacial score (nSPS) is 14.0. The lowest BCUT2D eigenvalue weighted by atomic mass is 10.1. The van der Waals surface area contributed by atoms with Gasteiger partial charge < -0.3 is 9.47 Å². The highest BCUT2D eigenvalue weighted by atomic mass is 35.5. The number of alkyl halides is 3. The van der Waals surface area contributed by atoms with Gasteiger partial charge in [-0.25, -0.2) is 15.0 Å². The number of aryl methyl sites for hydroxylation is 2. The molecule has 0 amide bonds. The van der Waals surface area contributed by atoms with Crippen molar-refractivity contribution in [1.29, 1.82) is 0 Å². The molecule has 9 nitrogen and oxygen atoms in total. The van der Waals surface area contributed by atoms with Crippen molar-refractivity contribution >= 4 is 28.5 Å². The lowest BCUT2D eigenvalue weighted by molar-refractivity contribution is -0.140. The summed E-state index contributed by atoms with van der Waals surface area (Å²) in [5.74, 6) is 1.36. The summed E-state index contributed by atoms with van der Waals surface area (Å²) in [6, 6.07) is 7.56. The van der Waals surface area contributed by atoms with Crippen LogP contribution in [0.1, 0.15) is 30.1 Å². The van der Waals surface area contributed by atoms with Crippen LogP contribution in [0.2, 0.25) is 5.02 Å². The van der Waals surface area contributed by atoms with Crippen LogP contribution in [0.5, 0.6) is 0 Å². The van der Waals surface area contributed by atoms with Crippen LogP contribution in [0.25, 0.3) is 33.9 Å². The number of anilines is 1. The Morgan fingerprint density at radius 3 is 2.45 bits per heavy atom. The van der Waals surface area contributed by atoms with Gasteiger partial charge in [0.25, 0.3) is 0 Å². The highest BCUT2D eigenvalue weighted by Crippen LogP contribution is 2.40. The van der Waals surface area contributed by atoms with Crippen molar-refractivity contribution in [2.75, 3.05) is 11.9 Å². The van der Waals surface area contributed by atoms with Crippen LogP contribution in [0.3, 0.4) is 0 Å². The largest absolute Gasteiger partial charge is 0.434 e. The predicted molar refractivity (Wildman–Crippen MR) is 137 cm³/mol. The van der Waals surface area contributed by atoms with E-state index in [9.17, 15) is 13.2 Å². The summed E-state index contributed by atoms with van der Waals surface area (Å²) in [4.78, 5) is 15.3. The summed E-state index contributed by atoms with van der Waals surface area (Å²) in [7, 11) is 5.28. The van der Waals surface area contributed by atoms with E-state index in [2.05, 4.69) is 15.2 Å². The quantitative estimate of drug-likeness (QED) is 0.291. The fraction of sp³-hybridized carbons (Fsp3) is 0.320. The summed E-state index contributed by atoms with van der Waals surface area (Å²) in [5, 5.41) is 9.50. The monoisotopic (exact) mass is 541 g/mol. The summed E-state index contributed by atoms with van der Waals surface area (Å²) >= 11 is 6.51. The first-order valence-electron chi connectivity index (χ1n) is 11.9. The molecule has 0 radical (unpaired) electrons. The molecule has 0 spiro atoms. The van der Waals surface area contributed by atoms with Gasteiger partial charge in [0.05, 0.1) is 23.5 Å². The molecule has 38 heavy (non-hydrogen) atoms. The molecule has 1 aliphatic carbocycles. The van der Waals surface area contributed by atoms with Crippen molar-refractivity contribution in [3.63, 3.8) is 0 Å². The second-order valence-corrected chi connectivity index (χ2v) is 9.94. The zero-order valence-corrected chi connectivity index (χ0v) is 21.5. The van der Waals surface area contributed by atoms with Crippen LogP contribution in [0.4, 0.5) is 19.0 Å². The summed E-state index contributed by atoms with van der Waals surface area (Å²) in [5.41, 5.74) is 2.63. The van der Waals surface area contributed by atoms with Crippen molar-refractivity contribution in [3.05, 3.63) is 59.1 Å². The van der Waals surface area contributed by atoms with Crippen molar-refractivity contribution in [3.8, 4) is 22.9 Å². The molecule has 0 unspecified atom stereocenters. The molecule has 0 atom stereocenters. The Bertz CT molecular complexity index is 1650. The number of fused-ring (bicyclic) bond motifs is 1. The Kier molecular flexibility index (Phi) is 5.67. The summed E-state index contributed by atoms with van der Waals surface area (Å²) in [6.07, 6.45) is 2.03. The van der Waals surface area contributed by atoms with E-state index < -0.39 is 11.9 Å². The first-order valence-corrected chi connectivity index (χ1v) is 12.3. The zero-order chi connectivity index (χ0) is 26.8. The van der Waals surface area contributed by atoms with E-state index >= 15 is 0 Å². The third kappa shape index (κ3) is 4.38. The van der Waals surface area contributed by atoms with E-state index in [0.717, 1.165) is 24.6 Å². The molecule has 196 valence electrons. The third-order valence-corrected chi connectivity index (χ3v) is 6.75. The Morgan fingerprint density at radius 1 is 1.05 bits per heavy atom. The van der Waals surface area contributed by atoms with Gasteiger partial charge in [0, 0.05) is 39.4 Å². The Balaban J connectivity index is 1.31. The molecule has 4 aromatic heterocycles. The number of halogens is 4. The number of hydrogen-bond acceptors (Lipinski definition) is 6. The zero-order valence-electron chi connectivity index (χ0n) is 20.8. The maximum atomic E-state index is 13.1. The number of imidazole rings is 1. The maximum absolute atomic E-state index is 13.1. The molecule has 5 aromatic rings. The number of hydrogen-bond donors (Lipinski definition) is 0. The third-order valence-electron chi connectivity index (χ3n) is 6.48. The molecule has 0 bridgehead atoms. The van der Waals surface area contributed by atoms with Crippen LogP contribution in [0, 0.1) is 0 Å². The van der Waals surface area contributed by atoms with Crippen LogP contribution in [0.15, 0.2) is 42.9 Å². The number of benzene rings is 1. The molecule has 4 heterocycles. The van der Waals surface area contributed by atoms with Crippen molar-refractivity contribution in [2.24, 2.45) is 14.1 Å². The van der Waals surface area contributed by atoms with E-state index in [1.807, 2.05) is 42.0 Å². The van der Waals surface area contributed by atoms with Gasteiger partial charge in [-0.2, -0.15) is 23.4 Å². The molecular weight excluding hydrogens is 519 g/mol.